The summed E-state index contributed by atoms with van der Waals surface area (Å²) in [6.07, 6.45) is 0.616. The van der Waals surface area contributed by atoms with Crippen LogP contribution in [0.3, 0.4) is 0 Å². The largest absolute Gasteiger partial charge is 0.397 e. The van der Waals surface area contributed by atoms with E-state index in [-0.39, 0.29) is 43.5 Å². The first kappa shape index (κ1) is 41.1. The molecule has 0 aromatic heterocycles. The molecule has 1 fully saturated rings. The lowest BCUT2D eigenvalue weighted by atomic mass is 9.98. The summed E-state index contributed by atoms with van der Waals surface area (Å²) in [6.45, 7) is 2.63. The molecule has 5 N–H and O–H groups in total. The fourth-order valence-corrected chi connectivity index (χ4v) is 7.44. The summed E-state index contributed by atoms with van der Waals surface area (Å²) >= 11 is 0. The molecule has 6 aromatic carbocycles. The third-order valence-corrected chi connectivity index (χ3v) is 10.5. The first-order valence-electron chi connectivity index (χ1n) is 20.3. The third kappa shape index (κ3) is 12.0. The van der Waals surface area contributed by atoms with Gasteiger partial charge in [0, 0.05) is 51.0 Å². The van der Waals surface area contributed by atoms with Gasteiger partial charge < -0.3 is 30.9 Å². The molecule has 1 aliphatic heterocycles. The van der Waals surface area contributed by atoms with E-state index in [1.54, 1.807) is 12.1 Å². The lowest BCUT2D eigenvalue weighted by Gasteiger charge is -2.38. The highest BCUT2D eigenvalue weighted by atomic mass is 16.7. The van der Waals surface area contributed by atoms with Crippen LogP contribution in [0.4, 0.5) is 11.4 Å². The number of carbonyl (C=O) groups is 2. The van der Waals surface area contributed by atoms with Gasteiger partial charge in [-0.2, -0.15) is 0 Å². The number of aliphatic hydroxyl groups is 1. The first-order chi connectivity index (χ1) is 28.9. The summed E-state index contributed by atoms with van der Waals surface area (Å²) in [5, 5.41) is 15.5. The van der Waals surface area contributed by atoms with Crippen LogP contribution in [-0.2, 0) is 45.3 Å². The second kappa shape index (κ2) is 20.5. The number of carbonyl (C=O) groups excluding carboxylic acids is 2. The van der Waals surface area contributed by atoms with Crippen molar-refractivity contribution < 1.29 is 24.2 Å². The Morgan fingerprint density at radius 2 is 1.27 bits per heavy atom. The van der Waals surface area contributed by atoms with Gasteiger partial charge >= 0.3 is 0 Å². The summed E-state index contributed by atoms with van der Waals surface area (Å²) in [7, 11) is 0. The number of para-hydroxylation sites is 2. The topological polar surface area (TPSA) is 126 Å². The molecule has 302 valence electrons. The Morgan fingerprint density at radius 1 is 0.644 bits per heavy atom. The molecule has 0 saturated carbocycles. The first-order valence-corrected chi connectivity index (χ1v) is 20.3. The summed E-state index contributed by atoms with van der Waals surface area (Å²) in [5.74, 6) is -0.289. The molecular weight excluding hydrogens is 737 g/mol. The summed E-state index contributed by atoms with van der Waals surface area (Å²) in [6, 6.07) is 52.6. The average molecular weight is 789 g/mol. The number of anilines is 2. The number of aliphatic hydroxyl groups excluding tert-OH is 1. The smallest absolute Gasteiger partial charge is 0.224 e. The van der Waals surface area contributed by atoms with Gasteiger partial charge in [-0.3, -0.25) is 14.5 Å². The lowest BCUT2D eigenvalue weighted by Crippen LogP contribution is -2.39. The Labute approximate surface area is 346 Å². The monoisotopic (exact) mass is 788 g/mol. The molecule has 6 aromatic rings. The van der Waals surface area contributed by atoms with E-state index in [2.05, 4.69) is 88.3 Å². The SMILES string of the molecule is Nc1ccccc1NC(=O)CCCC(=O)NCc1cccc(-c2cccc(C3OC(CN(Cc4ccccc4)Cc4ccccc4)CC(c4ccc(CO)cc4)O3)c2)c1. The number of hydrogen-bond donors (Lipinski definition) is 4. The predicted molar refractivity (Wildman–Crippen MR) is 232 cm³/mol. The number of nitrogen functional groups attached to an aromatic ring is 1. The Balaban J connectivity index is 1.02. The lowest BCUT2D eigenvalue weighted by molar-refractivity contribution is -0.253. The zero-order valence-corrected chi connectivity index (χ0v) is 33.2. The average Bonchev–Trinajstić information content (AvgIpc) is 3.27. The fraction of sp³-hybridized carbons (Fsp3) is 0.240. The van der Waals surface area contributed by atoms with E-state index in [0.29, 0.717) is 37.3 Å². The molecule has 2 amide bonds. The summed E-state index contributed by atoms with van der Waals surface area (Å²) < 4.78 is 13.6. The molecule has 0 aliphatic carbocycles. The zero-order valence-electron chi connectivity index (χ0n) is 33.2. The quantitative estimate of drug-likeness (QED) is 0.0680. The summed E-state index contributed by atoms with van der Waals surface area (Å²) in [5.41, 5.74) is 15.3. The highest BCUT2D eigenvalue weighted by Gasteiger charge is 2.33. The number of nitrogens with one attached hydrogen (secondary N) is 2. The molecule has 3 unspecified atom stereocenters. The maximum Gasteiger partial charge on any atom is 0.224 e. The molecular formula is C50H52N4O5. The van der Waals surface area contributed by atoms with Gasteiger partial charge in [0.05, 0.1) is 30.2 Å². The van der Waals surface area contributed by atoms with E-state index in [1.165, 1.54) is 11.1 Å². The van der Waals surface area contributed by atoms with Crippen molar-refractivity contribution in [2.45, 2.75) is 70.4 Å². The van der Waals surface area contributed by atoms with Crippen molar-refractivity contribution >= 4 is 23.2 Å². The van der Waals surface area contributed by atoms with Crippen LogP contribution in [0.5, 0.6) is 0 Å². The van der Waals surface area contributed by atoms with E-state index >= 15 is 0 Å². The Morgan fingerprint density at radius 3 is 1.97 bits per heavy atom. The van der Waals surface area contributed by atoms with Crippen LogP contribution >= 0.6 is 0 Å². The van der Waals surface area contributed by atoms with Crippen molar-refractivity contribution in [2.24, 2.45) is 0 Å². The molecule has 9 heteroatoms. The van der Waals surface area contributed by atoms with Gasteiger partial charge in [0.15, 0.2) is 6.29 Å². The molecule has 7 rings (SSSR count). The minimum Gasteiger partial charge on any atom is -0.397 e. The molecule has 0 spiro atoms. The fourth-order valence-electron chi connectivity index (χ4n) is 7.44. The van der Waals surface area contributed by atoms with Crippen molar-refractivity contribution in [3.8, 4) is 11.1 Å². The highest BCUT2D eigenvalue weighted by molar-refractivity contribution is 5.94. The van der Waals surface area contributed by atoms with Gasteiger partial charge in [-0.25, -0.2) is 0 Å². The van der Waals surface area contributed by atoms with Crippen LogP contribution in [0.2, 0.25) is 0 Å². The summed E-state index contributed by atoms with van der Waals surface area (Å²) in [4.78, 5) is 27.5. The minimum atomic E-state index is -0.610. The maximum absolute atomic E-state index is 12.7. The van der Waals surface area contributed by atoms with Crippen LogP contribution in [0.15, 0.2) is 158 Å². The van der Waals surface area contributed by atoms with Gasteiger partial charge in [0.25, 0.3) is 0 Å². The molecule has 1 heterocycles. The second-order valence-electron chi connectivity index (χ2n) is 15.1. The molecule has 9 nitrogen and oxygen atoms in total. The van der Waals surface area contributed by atoms with Crippen molar-refractivity contribution in [1.82, 2.24) is 10.2 Å². The Hall–Kier alpha value is -6.10. The minimum absolute atomic E-state index is 0.0132. The predicted octanol–water partition coefficient (Wildman–Crippen LogP) is 9.10. The second-order valence-corrected chi connectivity index (χ2v) is 15.1. The number of rotatable bonds is 17. The van der Waals surface area contributed by atoms with Gasteiger partial charge in [0.2, 0.25) is 11.8 Å². The number of ether oxygens (including phenoxy) is 2. The molecule has 3 atom stereocenters. The van der Waals surface area contributed by atoms with Crippen molar-refractivity contribution in [1.29, 1.82) is 0 Å². The molecule has 1 saturated heterocycles. The van der Waals surface area contributed by atoms with Crippen LogP contribution in [0.25, 0.3) is 11.1 Å². The Kier molecular flexibility index (Phi) is 14.3. The van der Waals surface area contributed by atoms with Crippen LogP contribution < -0.4 is 16.4 Å². The van der Waals surface area contributed by atoms with E-state index < -0.39 is 6.29 Å². The highest BCUT2D eigenvalue weighted by Crippen LogP contribution is 2.39. The molecule has 59 heavy (non-hydrogen) atoms. The van der Waals surface area contributed by atoms with E-state index in [4.69, 9.17) is 15.2 Å². The van der Waals surface area contributed by atoms with Gasteiger partial charge in [0.1, 0.15) is 0 Å². The number of nitrogens with zero attached hydrogens (tertiary/aromatic N) is 1. The van der Waals surface area contributed by atoms with Gasteiger partial charge in [-0.1, -0.05) is 133 Å². The van der Waals surface area contributed by atoms with Crippen molar-refractivity contribution in [3.05, 3.63) is 191 Å². The number of nitrogens with two attached hydrogens (primary N) is 1. The standard InChI is InChI=1S/C50H52N4O5/c51-45-20-7-8-21-46(45)53-49(57)23-11-22-48(56)52-31-39-16-9-17-41(28-39)42-18-10-19-43(29-42)50-58-44(30-47(59-50)40-26-24-38(35-55)25-27-40)34-54(32-36-12-3-1-4-13-36)33-37-14-5-2-6-15-37/h1-10,12-21,24-29,44,47,50,55H,11,22-23,30-35,51H2,(H,52,56)(H,53,57). The van der Waals surface area contributed by atoms with Gasteiger partial charge in [-0.15, -0.1) is 0 Å². The maximum atomic E-state index is 12.7. The van der Waals surface area contributed by atoms with Gasteiger partial charge in [-0.05, 0) is 69.6 Å². The third-order valence-electron chi connectivity index (χ3n) is 10.5. The Bertz CT molecular complexity index is 2230. The number of benzene rings is 6. The zero-order chi connectivity index (χ0) is 40.8. The molecule has 1 aliphatic rings. The normalized spacial score (nSPS) is 16.4. The van der Waals surface area contributed by atoms with E-state index in [1.807, 2.05) is 72.8 Å². The van der Waals surface area contributed by atoms with E-state index in [9.17, 15) is 14.7 Å². The molecule has 0 bridgehead atoms. The van der Waals surface area contributed by atoms with E-state index in [0.717, 1.165) is 46.5 Å². The molecule has 0 radical (unpaired) electrons. The van der Waals surface area contributed by atoms with Crippen LogP contribution in [0.1, 0.15) is 71.5 Å². The van der Waals surface area contributed by atoms with Crippen molar-refractivity contribution in [3.63, 3.8) is 0 Å². The number of hydrogen-bond acceptors (Lipinski definition) is 7. The van der Waals surface area contributed by atoms with Crippen LogP contribution in [0, 0.1) is 0 Å². The van der Waals surface area contributed by atoms with Crippen LogP contribution in [-0.4, -0.2) is 34.5 Å². The van der Waals surface area contributed by atoms with Crippen molar-refractivity contribution in [2.75, 3.05) is 17.6 Å². The number of amides is 2.